The van der Waals surface area contributed by atoms with Gasteiger partial charge in [0.25, 0.3) is 0 Å². The zero-order valence-electron chi connectivity index (χ0n) is 19.3. The molecule has 3 atom stereocenters. The van der Waals surface area contributed by atoms with Gasteiger partial charge in [0.15, 0.2) is 5.96 Å². The van der Waals surface area contributed by atoms with Gasteiger partial charge in [0.1, 0.15) is 17.2 Å². The summed E-state index contributed by atoms with van der Waals surface area (Å²) in [5.41, 5.74) is 5.93. The van der Waals surface area contributed by atoms with Crippen molar-refractivity contribution in [3.63, 3.8) is 0 Å². The Balaban J connectivity index is 1.41. The third-order valence-corrected chi connectivity index (χ3v) is 7.15. The first-order chi connectivity index (χ1) is 15.1. The molecule has 0 unspecified atom stereocenters. The van der Waals surface area contributed by atoms with Crippen molar-refractivity contribution in [3.05, 3.63) is 29.6 Å². The van der Waals surface area contributed by atoms with Crippen molar-refractivity contribution >= 4 is 17.8 Å². The Bertz CT molecular complexity index is 957. The number of guanidine groups is 1. The molecule has 1 fully saturated rings. The summed E-state index contributed by atoms with van der Waals surface area (Å²) in [7, 11) is 0. The van der Waals surface area contributed by atoms with Gasteiger partial charge in [0.2, 0.25) is 11.8 Å². The Kier molecular flexibility index (Phi) is 5.67. The Morgan fingerprint density at radius 2 is 2.06 bits per heavy atom. The lowest BCUT2D eigenvalue weighted by Gasteiger charge is -2.38. The van der Waals surface area contributed by atoms with E-state index in [1.54, 1.807) is 6.07 Å². The van der Waals surface area contributed by atoms with Crippen LogP contribution in [0.2, 0.25) is 0 Å². The number of ether oxygens (including phenoxy) is 1. The van der Waals surface area contributed by atoms with Gasteiger partial charge in [0, 0.05) is 24.4 Å². The Morgan fingerprint density at radius 3 is 2.72 bits per heavy atom. The highest BCUT2D eigenvalue weighted by molar-refractivity contribution is 5.99. The lowest BCUT2D eigenvalue weighted by Crippen LogP contribution is -2.52. The topological polar surface area (TPSA) is 97.0 Å². The maximum atomic E-state index is 13.8. The average molecular weight is 445 g/mol. The fourth-order valence-electron chi connectivity index (χ4n) is 4.94. The maximum Gasteiger partial charge on any atom is 0.231 e. The predicted molar refractivity (Wildman–Crippen MR) is 119 cm³/mol. The lowest BCUT2D eigenvalue weighted by molar-refractivity contribution is -0.130. The van der Waals surface area contributed by atoms with E-state index in [-0.39, 0.29) is 41.5 Å². The standard InChI is InChI=1S/C24H33FN4O3/c1-5-24(6-2)12-20(30)29(22(26)28-24)13-14-9-16(14)21(31)27-18-11-23(3,4)32-19-8-7-15(25)10-17(18)19/h7-8,10,14,16,18H,5-6,9,11-13H2,1-4H3,(H2,26,28)(H,27,31)/t14-,16+,18-/m1/s1. The first-order valence-electron chi connectivity index (χ1n) is 11.5. The second-order valence-electron chi connectivity index (χ2n) is 9.99. The molecule has 1 aromatic rings. The van der Waals surface area contributed by atoms with Gasteiger partial charge in [-0.1, -0.05) is 13.8 Å². The predicted octanol–water partition coefficient (Wildman–Crippen LogP) is 3.29. The molecule has 2 aliphatic heterocycles. The number of rotatable bonds is 6. The van der Waals surface area contributed by atoms with Gasteiger partial charge in [-0.3, -0.25) is 14.5 Å². The molecule has 7 nitrogen and oxygen atoms in total. The number of aliphatic imine (C=N–C) groups is 1. The molecule has 1 saturated carbocycles. The molecule has 4 rings (SSSR count). The third-order valence-electron chi connectivity index (χ3n) is 7.15. The number of amides is 2. The number of carbonyl (C=O) groups is 2. The molecule has 0 aromatic heterocycles. The summed E-state index contributed by atoms with van der Waals surface area (Å²) in [6.45, 7) is 8.35. The summed E-state index contributed by atoms with van der Waals surface area (Å²) in [4.78, 5) is 31.9. The minimum absolute atomic E-state index is 0.0251. The van der Waals surface area contributed by atoms with Gasteiger partial charge >= 0.3 is 0 Å². The molecular weight excluding hydrogens is 411 g/mol. The number of hydrogen-bond acceptors (Lipinski definition) is 5. The van der Waals surface area contributed by atoms with E-state index < -0.39 is 11.1 Å². The average Bonchev–Trinajstić information content (AvgIpc) is 3.50. The van der Waals surface area contributed by atoms with E-state index in [0.29, 0.717) is 37.1 Å². The number of carbonyl (C=O) groups excluding carboxylic acids is 2. The number of halogens is 1. The highest BCUT2D eigenvalue weighted by atomic mass is 19.1. The van der Waals surface area contributed by atoms with E-state index in [1.807, 2.05) is 27.7 Å². The van der Waals surface area contributed by atoms with Crippen LogP contribution in [0.15, 0.2) is 23.2 Å². The highest BCUT2D eigenvalue weighted by Gasteiger charge is 2.48. The molecule has 2 heterocycles. The first kappa shape index (κ1) is 22.6. The SMILES string of the molecule is CCC1(CC)CC(=O)N(C[C@H]2C[C@@H]2C(=O)N[C@@H]2CC(C)(C)Oc3ccc(F)cc32)C(N)=N1. The fraction of sp³-hybridized carbons (Fsp3) is 0.625. The molecule has 1 aliphatic carbocycles. The third kappa shape index (κ3) is 4.32. The van der Waals surface area contributed by atoms with Crippen molar-refractivity contribution in [1.29, 1.82) is 0 Å². The molecule has 174 valence electrons. The van der Waals surface area contributed by atoms with Gasteiger partial charge in [-0.05, 0) is 57.2 Å². The van der Waals surface area contributed by atoms with Crippen LogP contribution in [0.5, 0.6) is 5.75 Å². The minimum Gasteiger partial charge on any atom is -0.487 e. The quantitative estimate of drug-likeness (QED) is 0.704. The van der Waals surface area contributed by atoms with Gasteiger partial charge in [0.05, 0.1) is 18.0 Å². The molecule has 3 aliphatic rings. The van der Waals surface area contributed by atoms with E-state index in [0.717, 1.165) is 12.8 Å². The molecular formula is C24H33FN4O3. The highest BCUT2D eigenvalue weighted by Crippen LogP contribution is 2.43. The van der Waals surface area contributed by atoms with Gasteiger partial charge < -0.3 is 15.8 Å². The summed E-state index contributed by atoms with van der Waals surface area (Å²) in [6.07, 6.45) is 3.12. The van der Waals surface area contributed by atoms with Crippen molar-refractivity contribution < 1.29 is 18.7 Å². The first-order valence-corrected chi connectivity index (χ1v) is 11.5. The minimum atomic E-state index is -0.470. The van der Waals surface area contributed by atoms with Crippen molar-refractivity contribution in [1.82, 2.24) is 10.2 Å². The summed E-state index contributed by atoms with van der Waals surface area (Å²) < 4.78 is 19.8. The number of nitrogens with two attached hydrogens (primary N) is 1. The van der Waals surface area contributed by atoms with Crippen LogP contribution in [-0.4, -0.2) is 40.4 Å². The molecule has 3 N–H and O–H groups in total. The van der Waals surface area contributed by atoms with E-state index in [1.165, 1.54) is 17.0 Å². The zero-order chi connectivity index (χ0) is 23.3. The van der Waals surface area contributed by atoms with E-state index >= 15 is 0 Å². The maximum absolute atomic E-state index is 13.8. The monoisotopic (exact) mass is 444 g/mol. The van der Waals surface area contributed by atoms with Crippen LogP contribution < -0.4 is 15.8 Å². The zero-order valence-corrected chi connectivity index (χ0v) is 19.3. The fourth-order valence-corrected chi connectivity index (χ4v) is 4.94. The molecule has 32 heavy (non-hydrogen) atoms. The van der Waals surface area contributed by atoms with Gasteiger partial charge in [-0.25, -0.2) is 9.38 Å². The van der Waals surface area contributed by atoms with Crippen LogP contribution >= 0.6 is 0 Å². The molecule has 2 amide bonds. The van der Waals surface area contributed by atoms with Crippen molar-refractivity contribution in [2.75, 3.05) is 6.54 Å². The van der Waals surface area contributed by atoms with Crippen LogP contribution in [0, 0.1) is 17.7 Å². The molecule has 0 radical (unpaired) electrons. The van der Waals surface area contributed by atoms with E-state index in [9.17, 15) is 14.0 Å². The summed E-state index contributed by atoms with van der Waals surface area (Å²) in [5, 5.41) is 3.09. The van der Waals surface area contributed by atoms with Crippen molar-refractivity contribution in [2.24, 2.45) is 22.6 Å². The smallest absolute Gasteiger partial charge is 0.231 e. The van der Waals surface area contributed by atoms with Crippen molar-refractivity contribution in [2.45, 2.75) is 77.0 Å². The van der Waals surface area contributed by atoms with Gasteiger partial charge in [-0.2, -0.15) is 0 Å². The summed E-state index contributed by atoms with van der Waals surface area (Å²) in [6, 6.07) is 4.08. The number of nitrogens with one attached hydrogen (secondary N) is 1. The molecule has 0 saturated heterocycles. The summed E-state index contributed by atoms with van der Waals surface area (Å²) in [5.74, 6) is 0.243. The molecule has 0 bridgehead atoms. The van der Waals surface area contributed by atoms with Crippen LogP contribution in [0.25, 0.3) is 0 Å². The largest absolute Gasteiger partial charge is 0.487 e. The Labute approximate surface area is 188 Å². The number of fused-ring (bicyclic) bond motifs is 1. The molecule has 1 aromatic carbocycles. The lowest BCUT2D eigenvalue weighted by atomic mass is 9.88. The Morgan fingerprint density at radius 1 is 1.34 bits per heavy atom. The molecule has 8 heteroatoms. The second kappa shape index (κ2) is 8.05. The normalized spacial score (nSPS) is 27.8. The second-order valence-corrected chi connectivity index (χ2v) is 9.99. The number of benzene rings is 1. The van der Waals surface area contributed by atoms with E-state index in [4.69, 9.17) is 10.5 Å². The van der Waals surface area contributed by atoms with Gasteiger partial charge in [-0.15, -0.1) is 0 Å². The number of nitrogens with zero attached hydrogens (tertiary/aromatic N) is 2. The van der Waals surface area contributed by atoms with E-state index in [2.05, 4.69) is 10.3 Å². The summed E-state index contributed by atoms with van der Waals surface area (Å²) >= 11 is 0. The van der Waals surface area contributed by atoms with Crippen molar-refractivity contribution in [3.8, 4) is 5.75 Å². The van der Waals surface area contributed by atoms with Crippen LogP contribution in [-0.2, 0) is 9.59 Å². The molecule has 0 spiro atoms. The Hall–Kier alpha value is -2.64. The number of hydrogen-bond donors (Lipinski definition) is 2. The van der Waals surface area contributed by atoms with Crippen LogP contribution in [0.1, 0.15) is 71.4 Å². The van der Waals surface area contributed by atoms with Crippen LogP contribution in [0.3, 0.4) is 0 Å². The van der Waals surface area contributed by atoms with Crippen LogP contribution in [0.4, 0.5) is 4.39 Å².